The molecule has 6 nitrogen and oxygen atoms in total. The molecule has 1 fully saturated rings. The minimum Gasteiger partial charge on any atom is -0.342 e. The molecule has 3 heterocycles. The van der Waals surface area contributed by atoms with E-state index in [0.717, 1.165) is 37.3 Å². The molecule has 0 spiro atoms. The Hall–Kier alpha value is -2.11. The quantitative estimate of drug-likeness (QED) is 0.931. The average Bonchev–Trinajstić information content (AvgIpc) is 3.16. The van der Waals surface area contributed by atoms with Crippen LogP contribution in [0.5, 0.6) is 0 Å². The van der Waals surface area contributed by atoms with E-state index in [9.17, 15) is 4.79 Å². The number of rotatable bonds is 4. The van der Waals surface area contributed by atoms with E-state index < -0.39 is 0 Å². The Labute approximate surface area is 124 Å². The highest BCUT2D eigenvalue weighted by atomic mass is 16.2. The summed E-state index contributed by atoms with van der Waals surface area (Å²) in [5.74, 6) is 0.601. The van der Waals surface area contributed by atoms with Gasteiger partial charge in [0.15, 0.2) is 0 Å². The van der Waals surface area contributed by atoms with Gasteiger partial charge in [-0.25, -0.2) is 0 Å². The van der Waals surface area contributed by atoms with Crippen LogP contribution in [0.25, 0.3) is 0 Å². The van der Waals surface area contributed by atoms with E-state index in [-0.39, 0.29) is 5.91 Å². The van der Waals surface area contributed by atoms with Crippen molar-refractivity contribution in [1.29, 1.82) is 0 Å². The zero-order valence-electron chi connectivity index (χ0n) is 12.3. The predicted octanol–water partition coefficient (Wildman–Crippen LogP) is 1.71. The fourth-order valence-corrected chi connectivity index (χ4v) is 2.91. The van der Waals surface area contributed by atoms with Crippen molar-refractivity contribution in [3.8, 4) is 0 Å². The summed E-state index contributed by atoms with van der Waals surface area (Å²) in [5, 5.41) is 11.3. The Kier molecular flexibility index (Phi) is 4.03. The van der Waals surface area contributed by atoms with E-state index in [2.05, 4.69) is 15.3 Å². The summed E-state index contributed by atoms with van der Waals surface area (Å²) in [4.78, 5) is 14.3. The molecule has 2 aromatic heterocycles. The van der Waals surface area contributed by atoms with Gasteiger partial charge < -0.3 is 4.90 Å². The fourth-order valence-electron chi connectivity index (χ4n) is 2.91. The standard InChI is InChI=1S/C15H21N5O/c1-12-5-9-20(18-12)10-6-15(21)19-8-2-3-13(11-19)14-4-7-16-17-14/h4-5,7,9,13H,2-3,6,8,10-11H2,1H3,(H,16,17)/t13-/m1/s1. The average molecular weight is 287 g/mol. The monoisotopic (exact) mass is 287 g/mol. The van der Waals surface area contributed by atoms with Crippen molar-refractivity contribution in [1.82, 2.24) is 24.9 Å². The third kappa shape index (κ3) is 3.32. The number of nitrogens with zero attached hydrogens (tertiary/aromatic N) is 4. The summed E-state index contributed by atoms with van der Waals surface area (Å²) in [6.45, 7) is 4.26. The van der Waals surface area contributed by atoms with Gasteiger partial charge in [0.2, 0.25) is 5.91 Å². The second kappa shape index (κ2) is 6.11. The maximum atomic E-state index is 12.4. The van der Waals surface area contributed by atoms with Crippen LogP contribution in [0.3, 0.4) is 0 Å². The second-order valence-electron chi connectivity index (χ2n) is 5.66. The summed E-state index contributed by atoms with van der Waals surface area (Å²) in [6.07, 6.45) is 6.37. The normalized spacial score (nSPS) is 18.9. The van der Waals surface area contributed by atoms with E-state index in [1.54, 1.807) is 6.20 Å². The first-order valence-corrected chi connectivity index (χ1v) is 7.49. The van der Waals surface area contributed by atoms with Crippen molar-refractivity contribution in [2.24, 2.45) is 0 Å². The van der Waals surface area contributed by atoms with Gasteiger partial charge in [-0.1, -0.05) is 0 Å². The van der Waals surface area contributed by atoms with Crippen molar-refractivity contribution < 1.29 is 4.79 Å². The van der Waals surface area contributed by atoms with Crippen LogP contribution in [-0.4, -0.2) is 43.9 Å². The van der Waals surface area contributed by atoms with E-state index in [4.69, 9.17) is 0 Å². The lowest BCUT2D eigenvalue weighted by molar-refractivity contribution is -0.132. The minimum atomic E-state index is 0.215. The third-order valence-corrected chi connectivity index (χ3v) is 4.06. The topological polar surface area (TPSA) is 66.8 Å². The summed E-state index contributed by atoms with van der Waals surface area (Å²) in [5.41, 5.74) is 2.12. The smallest absolute Gasteiger partial charge is 0.224 e. The van der Waals surface area contributed by atoms with E-state index in [1.807, 2.05) is 34.8 Å². The molecule has 21 heavy (non-hydrogen) atoms. The molecular formula is C15H21N5O. The van der Waals surface area contributed by atoms with E-state index in [1.165, 1.54) is 0 Å². The number of aryl methyl sites for hydroxylation is 2. The molecule has 2 aromatic rings. The van der Waals surface area contributed by atoms with Gasteiger partial charge in [0.1, 0.15) is 0 Å². The van der Waals surface area contributed by atoms with Crippen molar-refractivity contribution in [2.45, 2.75) is 38.6 Å². The number of likely N-dealkylation sites (tertiary alicyclic amines) is 1. The van der Waals surface area contributed by atoms with Gasteiger partial charge in [0.25, 0.3) is 0 Å². The maximum Gasteiger partial charge on any atom is 0.224 e. The second-order valence-corrected chi connectivity index (χ2v) is 5.66. The molecule has 0 unspecified atom stereocenters. The lowest BCUT2D eigenvalue weighted by Gasteiger charge is -2.32. The minimum absolute atomic E-state index is 0.215. The highest BCUT2D eigenvalue weighted by Gasteiger charge is 2.25. The van der Waals surface area contributed by atoms with Crippen LogP contribution in [0, 0.1) is 6.92 Å². The summed E-state index contributed by atoms with van der Waals surface area (Å²) in [7, 11) is 0. The fraction of sp³-hybridized carbons (Fsp3) is 0.533. The first-order chi connectivity index (χ1) is 10.2. The van der Waals surface area contributed by atoms with Crippen molar-refractivity contribution in [3.63, 3.8) is 0 Å². The van der Waals surface area contributed by atoms with Crippen molar-refractivity contribution in [2.75, 3.05) is 13.1 Å². The molecule has 1 atom stereocenters. The predicted molar refractivity (Wildman–Crippen MR) is 78.7 cm³/mol. The number of nitrogens with one attached hydrogen (secondary N) is 1. The Bertz CT molecular complexity index is 589. The Morgan fingerprint density at radius 2 is 2.38 bits per heavy atom. The first kappa shape index (κ1) is 13.9. The lowest BCUT2D eigenvalue weighted by Crippen LogP contribution is -2.39. The van der Waals surface area contributed by atoms with Gasteiger partial charge in [-0.15, -0.1) is 0 Å². The molecule has 1 saturated heterocycles. The largest absolute Gasteiger partial charge is 0.342 e. The van der Waals surface area contributed by atoms with E-state index >= 15 is 0 Å². The SMILES string of the molecule is Cc1ccn(CCC(=O)N2CCC[C@@H](c3ccn[nH]3)C2)n1. The number of hydrogen-bond donors (Lipinski definition) is 1. The summed E-state index contributed by atoms with van der Waals surface area (Å²) >= 11 is 0. The first-order valence-electron chi connectivity index (χ1n) is 7.49. The summed E-state index contributed by atoms with van der Waals surface area (Å²) < 4.78 is 1.84. The Balaban J connectivity index is 1.54. The summed E-state index contributed by atoms with van der Waals surface area (Å²) in [6, 6.07) is 3.96. The molecular weight excluding hydrogens is 266 g/mol. The molecule has 0 bridgehead atoms. The molecule has 1 aliphatic rings. The lowest BCUT2D eigenvalue weighted by atomic mass is 9.95. The Morgan fingerprint density at radius 1 is 1.48 bits per heavy atom. The molecule has 1 N–H and O–H groups in total. The number of piperidine rings is 1. The van der Waals surface area contributed by atoms with Crippen LogP contribution in [0.4, 0.5) is 0 Å². The number of amides is 1. The molecule has 0 radical (unpaired) electrons. The number of aromatic nitrogens is 4. The molecule has 0 aliphatic carbocycles. The number of carbonyl (C=O) groups excluding carboxylic acids is 1. The third-order valence-electron chi connectivity index (χ3n) is 4.06. The van der Waals surface area contributed by atoms with Crippen molar-refractivity contribution >= 4 is 5.91 Å². The zero-order chi connectivity index (χ0) is 14.7. The molecule has 0 aromatic carbocycles. The van der Waals surface area contributed by atoms with Gasteiger partial charge in [-0.2, -0.15) is 10.2 Å². The van der Waals surface area contributed by atoms with Crippen LogP contribution in [-0.2, 0) is 11.3 Å². The molecule has 112 valence electrons. The highest BCUT2D eigenvalue weighted by Crippen LogP contribution is 2.25. The molecule has 1 aliphatic heterocycles. The van der Waals surface area contributed by atoms with E-state index in [0.29, 0.717) is 18.9 Å². The molecule has 6 heteroatoms. The zero-order valence-corrected chi connectivity index (χ0v) is 12.3. The van der Waals surface area contributed by atoms with Gasteiger partial charge in [-0.05, 0) is 31.9 Å². The number of carbonyl (C=O) groups is 1. The van der Waals surface area contributed by atoms with Crippen LogP contribution in [0.15, 0.2) is 24.5 Å². The molecule has 3 rings (SSSR count). The van der Waals surface area contributed by atoms with Gasteiger partial charge in [0.05, 0.1) is 5.69 Å². The van der Waals surface area contributed by atoms with Crippen molar-refractivity contribution in [3.05, 3.63) is 35.9 Å². The molecule has 0 saturated carbocycles. The number of aromatic amines is 1. The number of H-pyrrole nitrogens is 1. The number of hydrogen-bond acceptors (Lipinski definition) is 3. The maximum absolute atomic E-state index is 12.4. The van der Waals surface area contributed by atoms with Crippen LogP contribution in [0.2, 0.25) is 0 Å². The van der Waals surface area contributed by atoms with Gasteiger partial charge in [-0.3, -0.25) is 14.6 Å². The van der Waals surface area contributed by atoms with Gasteiger partial charge >= 0.3 is 0 Å². The van der Waals surface area contributed by atoms with Crippen LogP contribution < -0.4 is 0 Å². The van der Waals surface area contributed by atoms with Crippen LogP contribution in [0.1, 0.15) is 36.6 Å². The van der Waals surface area contributed by atoms with Gasteiger partial charge in [0, 0.05) is 50.1 Å². The Morgan fingerprint density at radius 3 is 3.10 bits per heavy atom. The van der Waals surface area contributed by atoms with Crippen LogP contribution >= 0.6 is 0 Å². The molecule has 1 amide bonds. The highest BCUT2D eigenvalue weighted by molar-refractivity contribution is 5.76.